The summed E-state index contributed by atoms with van der Waals surface area (Å²) in [4.78, 5) is 19.7. The molecule has 3 aromatic heterocycles. The van der Waals surface area contributed by atoms with Gasteiger partial charge in [-0.3, -0.25) is 0 Å². The molecule has 8 heteroatoms. The summed E-state index contributed by atoms with van der Waals surface area (Å²) in [7, 11) is 0. The van der Waals surface area contributed by atoms with Crippen LogP contribution in [-0.4, -0.2) is 19.7 Å². The van der Waals surface area contributed by atoms with Gasteiger partial charge in [-0.05, 0) is 49.2 Å². The SMILES string of the molecule is Cc1ccc(-n2ncc3c(Oc4ccc5sc(=O)oc5c4)ncnc32)cc1C. The maximum absolute atomic E-state index is 11.4. The summed E-state index contributed by atoms with van der Waals surface area (Å²) in [5.74, 6) is 0.907. The van der Waals surface area contributed by atoms with E-state index in [1.165, 1.54) is 17.5 Å². The molecular formula is C20H14N4O3S. The Morgan fingerprint density at radius 3 is 2.82 bits per heavy atom. The van der Waals surface area contributed by atoms with Crippen LogP contribution in [0, 0.1) is 13.8 Å². The van der Waals surface area contributed by atoms with Gasteiger partial charge in [0.15, 0.2) is 11.2 Å². The lowest BCUT2D eigenvalue weighted by Crippen LogP contribution is -1.99. The lowest BCUT2D eigenvalue weighted by molar-refractivity contribution is 0.467. The van der Waals surface area contributed by atoms with Crippen molar-refractivity contribution in [3.05, 3.63) is 69.8 Å². The first-order valence-corrected chi connectivity index (χ1v) is 9.38. The minimum Gasteiger partial charge on any atom is -0.438 e. The number of hydrogen-bond acceptors (Lipinski definition) is 7. The first-order valence-electron chi connectivity index (χ1n) is 8.56. The van der Waals surface area contributed by atoms with Crippen LogP contribution in [0.4, 0.5) is 0 Å². The van der Waals surface area contributed by atoms with E-state index < -0.39 is 0 Å². The van der Waals surface area contributed by atoms with Crippen LogP contribution in [0.1, 0.15) is 11.1 Å². The zero-order chi connectivity index (χ0) is 19.3. The van der Waals surface area contributed by atoms with Crippen LogP contribution in [0.15, 0.2) is 58.1 Å². The molecule has 7 nitrogen and oxygen atoms in total. The van der Waals surface area contributed by atoms with E-state index in [0.717, 1.165) is 21.7 Å². The summed E-state index contributed by atoms with van der Waals surface area (Å²) in [6.45, 7) is 4.13. The standard InChI is InChI=1S/C20H14N4O3S/c1-11-3-4-13(7-12(11)2)24-18-15(9-23-24)19(22-10-21-18)26-14-5-6-17-16(8-14)27-20(25)28-17/h3-10H,1-2H3. The Hall–Kier alpha value is -3.52. The smallest absolute Gasteiger partial charge is 0.396 e. The van der Waals surface area contributed by atoms with Crippen molar-refractivity contribution in [3.8, 4) is 17.3 Å². The van der Waals surface area contributed by atoms with E-state index in [1.807, 2.05) is 6.07 Å². The van der Waals surface area contributed by atoms with Gasteiger partial charge in [-0.25, -0.2) is 19.4 Å². The lowest BCUT2D eigenvalue weighted by Gasteiger charge is -2.07. The van der Waals surface area contributed by atoms with Crippen molar-refractivity contribution in [2.24, 2.45) is 0 Å². The molecule has 0 fully saturated rings. The molecule has 0 saturated heterocycles. The highest BCUT2D eigenvalue weighted by Crippen LogP contribution is 2.30. The van der Waals surface area contributed by atoms with Crippen molar-refractivity contribution in [2.45, 2.75) is 13.8 Å². The van der Waals surface area contributed by atoms with Gasteiger partial charge < -0.3 is 9.15 Å². The Balaban J connectivity index is 1.57. The molecule has 28 heavy (non-hydrogen) atoms. The Morgan fingerprint density at radius 2 is 1.96 bits per heavy atom. The minimum absolute atomic E-state index is 0.341. The lowest BCUT2D eigenvalue weighted by atomic mass is 10.1. The van der Waals surface area contributed by atoms with Gasteiger partial charge in [-0.15, -0.1) is 0 Å². The van der Waals surface area contributed by atoms with Crippen LogP contribution in [0.3, 0.4) is 0 Å². The van der Waals surface area contributed by atoms with Crippen LogP contribution >= 0.6 is 11.3 Å². The Bertz CT molecular complexity index is 1400. The highest BCUT2D eigenvalue weighted by molar-refractivity contribution is 7.16. The highest BCUT2D eigenvalue weighted by atomic mass is 32.1. The number of rotatable bonds is 3. The van der Waals surface area contributed by atoms with Crippen molar-refractivity contribution < 1.29 is 9.15 Å². The van der Waals surface area contributed by atoms with Gasteiger partial charge in [0.1, 0.15) is 17.5 Å². The van der Waals surface area contributed by atoms with Crippen LogP contribution in [0.2, 0.25) is 0 Å². The Kier molecular flexibility index (Phi) is 3.73. The summed E-state index contributed by atoms with van der Waals surface area (Å²) in [6.07, 6.45) is 3.13. The fraction of sp³-hybridized carbons (Fsp3) is 0.100. The molecule has 0 spiro atoms. The van der Waals surface area contributed by atoms with Crippen molar-refractivity contribution in [3.63, 3.8) is 0 Å². The molecule has 0 radical (unpaired) electrons. The maximum atomic E-state index is 11.4. The summed E-state index contributed by atoms with van der Waals surface area (Å²) in [5.41, 5.74) is 4.45. The molecule has 0 N–H and O–H groups in total. The van der Waals surface area contributed by atoms with Crippen LogP contribution in [0.25, 0.3) is 27.0 Å². The monoisotopic (exact) mass is 390 g/mol. The number of aromatic nitrogens is 4. The third-order valence-corrected chi connectivity index (χ3v) is 5.39. The quantitative estimate of drug-likeness (QED) is 0.454. The molecule has 0 atom stereocenters. The van der Waals surface area contributed by atoms with Crippen molar-refractivity contribution in [1.29, 1.82) is 0 Å². The second-order valence-electron chi connectivity index (χ2n) is 6.41. The van der Waals surface area contributed by atoms with Gasteiger partial charge in [-0.2, -0.15) is 5.10 Å². The van der Waals surface area contributed by atoms with Crippen molar-refractivity contribution >= 4 is 32.7 Å². The van der Waals surface area contributed by atoms with E-state index in [0.29, 0.717) is 28.2 Å². The number of ether oxygens (including phenoxy) is 1. The van der Waals surface area contributed by atoms with Gasteiger partial charge in [0.05, 0.1) is 16.6 Å². The van der Waals surface area contributed by atoms with Gasteiger partial charge in [-0.1, -0.05) is 17.4 Å². The predicted molar refractivity (Wildman–Crippen MR) is 107 cm³/mol. The number of aryl methyl sites for hydroxylation is 2. The average Bonchev–Trinajstić information content (AvgIpc) is 3.27. The molecule has 5 rings (SSSR count). The molecule has 0 aliphatic heterocycles. The van der Waals surface area contributed by atoms with Gasteiger partial charge in [0.2, 0.25) is 5.88 Å². The van der Waals surface area contributed by atoms with Crippen LogP contribution < -0.4 is 9.68 Å². The van der Waals surface area contributed by atoms with Gasteiger partial charge in [0.25, 0.3) is 0 Å². The van der Waals surface area contributed by atoms with Crippen molar-refractivity contribution in [1.82, 2.24) is 19.7 Å². The molecule has 138 valence electrons. The van der Waals surface area contributed by atoms with Crippen molar-refractivity contribution in [2.75, 3.05) is 0 Å². The number of fused-ring (bicyclic) bond motifs is 2. The van der Waals surface area contributed by atoms with Crippen LogP contribution in [-0.2, 0) is 0 Å². The minimum atomic E-state index is -0.341. The Morgan fingerprint density at radius 1 is 1.07 bits per heavy atom. The number of nitrogens with zero attached hydrogens (tertiary/aromatic N) is 4. The molecule has 3 heterocycles. The normalized spacial score (nSPS) is 11.4. The van der Waals surface area contributed by atoms with E-state index >= 15 is 0 Å². The van der Waals surface area contributed by atoms with Gasteiger partial charge in [0, 0.05) is 6.07 Å². The average molecular weight is 390 g/mol. The fourth-order valence-corrected chi connectivity index (χ4v) is 3.63. The summed E-state index contributed by atoms with van der Waals surface area (Å²) < 4.78 is 13.6. The number of benzene rings is 2. The molecule has 0 aliphatic carbocycles. The third-order valence-electron chi connectivity index (χ3n) is 4.58. The Labute approximate surface area is 162 Å². The molecule has 0 unspecified atom stereocenters. The highest BCUT2D eigenvalue weighted by Gasteiger charge is 2.14. The largest absolute Gasteiger partial charge is 0.438 e. The first-order chi connectivity index (χ1) is 13.6. The third kappa shape index (κ3) is 2.74. The fourth-order valence-electron chi connectivity index (χ4n) is 2.98. The predicted octanol–water partition coefficient (Wildman–Crippen LogP) is 4.39. The summed E-state index contributed by atoms with van der Waals surface area (Å²) >= 11 is 1.06. The molecule has 5 aromatic rings. The zero-order valence-corrected chi connectivity index (χ0v) is 15.9. The summed E-state index contributed by atoms with van der Waals surface area (Å²) in [6, 6.07) is 11.4. The molecule has 0 saturated carbocycles. The number of hydrogen-bond donors (Lipinski definition) is 0. The molecule has 2 aromatic carbocycles. The topological polar surface area (TPSA) is 83.0 Å². The molecule has 0 bridgehead atoms. The van der Waals surface area contributed by atoms with E-state index in [1.54, 1.807) is 29.1 Å². The summed E-state index contributed by atoms with van der Waals surface area (Å²) in [5, 5.41) is 5.16. The zero-order valence-electron chi connectivity index (χ0n) is 15.0. The maximum Gasteiger partial charge on any atom is 0.396 e. The van der Waals surface area contributed by atoms with Crippen LogP contribution in [0.5, 0.6) is 11.6 Å². The first kappa shape index (κ1) is 16.6. The van der Waals surface area contributed by atoms with E-state index in [4.69, 9.17) is 9.15 Å². The molecule has 0 aliphatic rings. The molecular weight excluding hydrogens is 376 g/mol. The second-order valence-corrected chi connectivity index (χ2v) is 7.38. The van der Waals surface area contributed by atoms with E-state index in [-0.39, 0.29) is 4.94 Å². The van der Waals surface area contributed by atoms with E-state index in [2.05, 4.69) is 41.0 Å². The second kappa shape index (κ2) is 6.28. The molecule has 0 amide bonds. The van der Waals surface area contributed by atoms with E-state index in [9.17, 15) is 4.79 Å². The van der Waals surface area contributed by atoms with Gasteiger partial charge >= 0.3 is 4.94 Å².